The van der Waals surface area contributed by atoms with Gasteiger partial charge in [0.2, 0.25) is 11.8 Å². The van der Waals surface area contributed by atoms with Gasteiger partial charge in [-0.1, -0.05) is 35.3 Å². The first-order valence-corrected chi connectivity index (χ1v) is 14.4. The Bertz CT molecular complexity index is 1680. The maximum absolute atomic E-state index is 13.5. The molecule has 3 aliphatic heterocycles. The van der Waals surface area contributed by atoms with E-state index in [1.807, 2.05) is 36.4 Å². The van der Waals surface area contributed by atoms with E-state index in [4.69, 9.17) is 23.2 Å². The molecular weight excluding hydrogens is 579 g/mol. The first-order valence-electron chi connectivity index (χ1n) is 13.7. The summed E-state index contributed by atoms with van der Waals surface area (Å²) >= 11 is 12.8. The summed E-state index contributed by atoms with van der Waals surface area (Å²) in [7, 11) is 0. The van der Waals surface area contributed by atoms with Gasteiger partial charge in [0.05, 0.1) is 17.2 Å². The Morgan fingerprint density at radius 2 is 1.33 bits per heavy atom. The van der Waals surface area contributed by atoms with Crippen LogP contribution in [0.3, 0.4) is 0 Å². The number of benzene rings is 3. The molecule has 9 nitrogen and oxygen atoms in total. The monoisotopic (exact) mass is 602 g/mol. The summed E-state index contributed by atoms with van der Waals surface area (Å²) in [6.07, 6.45) is 0.109. The summed E-state index contributed by atoms with van der Waals surface area (Å²) in [5, 5.41) is 3.50. The molecule has 0 aromatic heterocycles. The number of piperazine rings is 1. The van der Waals surface area contributed by atoms with Crippen molar-refractivity contribution in [3.05, 3.63) is 92.5 Å². The van der Waals surface area contributed by atoms with Crippen molar-refractivity contribution in [2.24, 2.45) is 0 Å². The molecule has 1 aliphatic carbocycles. The molecule has 1 N–H and O–H groups in total. The number of imide groups is 2. The number of hydrogen-bond donors (Lipinski definition) is 1. The van der Waals surface area contributed by atoms with Gasteiger partial charge >= 0.3 is 0 Å². The van der Waals surface area contributed by atoms with E-state index < -0.39 is 29.7 Å². The average Bonchev–Trinajstić information content (AvgIpc) is 3.42. The van der Waals surface area contributed by atoms with Crippen LogP contribution in [0.25, 0.3) is 11.1 Å². The number of hydrogen-bond acceptors (Lipinski definition) is 6. The van der Waals surface area contributed by atoms with Crippen LogP contribution in [0.4, 0.5) is 0 Å². The maximum Gasteiger partial charge on any atom is 0.262 e. The first-order chi connectivity index (χ1) is 20.2. The van der Waals surface area contributed by atoms with Crippen LogP contribution >= 0.6 is 23.2 Å². The van der Waals surface area contributed by atoms with Gasteiger partial charge in [-0.05, 0) is 71.1 Å². The fourth-order valence-corrected chi connectivity index (χ4v) is 6.90. The summed E-state index contributed by atoms with van der Waals surface area (Å²) in [6.45, 7) is 2.15. The molecule has 5 amide bonds. The van der Waals surface area contributed by atoms with Crippen LogP contribution in [0, 0.1) is 0 Å². The van der Waals surface area contributed by atoms with E-state index in [0.29, 0.717) is 41.8 Å². The Hall–Kier alpha value is -4.05. The predicted octanol–water partition coefficient (Wildman–Crippen LogP) is 3.92. The second-order valence-corrected chi connectivity index (χ2v) is 11.8. The largest absolute Gasteiger partial charge is 0.336 e. The quantitative estimate of drug-likeness (QED) is 0.455. The van der Waals surface area contributed by atoms with Crippen molar-refractivity contribution in [1.29, 1.82) is 0 Å². The molecule has 7 rings (SSSR count). The SMILES string of the molecule is O=C1CCC(N2C(=O)c3ccc(C(=O)N4CCN(C5c6cc(Cl)ccc6-c6ccc(Cl)cc65)CC4)cc3C2=O)C(=O)N1. The molecule has 0 bridgehead atoms. The van der Waals surface area contributed by atoms with E-state index in [1.165, 1.54) is 12.1 Å². The number of carbonyl (C=O) groups is 5. The van der Waals surface area contributed by atoms with Crippen molar-refractivity contribution >= 4 is 52.7 Å². The van der Waals surface area contributed by atoms with Gasteiger partial charge in [0.25, 0.3) is 17.7 Å². The molecule has 1 atom stereocenters. The van der Waals surface area contributed by atoms with Crippen molar-refractivity contribution in [1.82, 2.24) is 20.0 Å². The summed E-state index contributed by atoms with van der Waals surface area (Å²) < 4.78 is 0. The van der Waals surface area contributed by atoms with Crippen molar-refractivity contribution in [3.63, 3.8) is 0 Å². The highest BCUT2D eigenvalue weighted by Crippen LogP contribution is 2.48. The van der Waals surface area contributed by atoms with E-state index in [-0.39, 0.29) is 35.9 Å². The van der Waals surface area contributed by atoms with Crippen LogP contribution in [0.1, 0.15) is 61.1 Å². The molecular formula is C31H24Cl2N4O5. The minimum Gasteiger partial charge on any atom is -0.336 e. The van der Waals surface area contributed by atoms with E-state index in [9.17, 15) is 24.0 Å². The molecule has 3 heterocycles. The molecule has 0 spiro atoms. The van der Waals surface area contributed by atoms with Crippen molar-refractivity contribution in [3.8, 4) is 11.1 Å². The minimum absolute atomic E-state index is 0.0356. The van der Waals surface area contributed by atoms with Gasteiger partial charge < -0.3 is 4.90 Å². The zero-order valence-corrected chi connectivity index (χ0v) is 23.7. The molecule has 3 aromatic rings. The fourth-order valence-electron chi connectivity index (χ4n) is 6.54. The number of fused-ring (bicyclic) bond motifs is 4. The van der Waals surface area contributed by atoms with Gasteiger partial charge in [-0.2, -0.15) is 0 Å². The number of nitrogens with zero attached hydrogens (tertiary/aromatic N) is 3. The molecule has 3 aromatic carbocycles. The van der Waals surface area contributed by atoms with Crippen LogP contribution < -0.4 is 5.32 Å². The van der Waals surface area contributed by atoms with E-state index >= 15 is 0 Å². The third-order valence-electron chi connectivity index (χ3n) is 8.56. The molecule has 11 heteroatoms. The standard InChI is InChI=1S/C31H24Cl2N4O5/c32-17-2-5-19-20-6-3-18(33)15-23(20)27(22(19)14-17)35-9-11-36(12-10-35)29(40)16-1-4-21-24(13-16)31(42)37(30(21)41)25-7-8-26(38)34-28(25)39/h1-6,13-15,25,27H,7-12H2,(H,34,38,39). The maximum atomic E-state index is 13.5. The molecule has 42 heavy (non-hydrogen) atoms. The zero-order valence-electron chi connectivity index (χ0n) is 22.2. The molecule has 4 aliphatic rings. The highest BCUT2D eigenvalue weighted by atomic mass is 35.5. The Balaban J connectivity index is 1.09. The fraction of sp³-hybridized carbons (Fsp3) is 0.258. The van der Waals surface area contributed by atoms with E-state index in [1.54, 1.807) is 11.0 Å². The van der Waals surface area contributed by atoms with Gasteiger partial charge in [-0.25, -0.2) is 0 Å². The number of rotatable bonds is 3. The van der Waals surface area contributed by atoms with Crippen LogP contribution in [-0.2, 0) is 9.59 Å². The third kappa shape index (κ3) is 4.22. The zero-order chi connectivity index (χ0) is 29.3. The number of nitrogens with one attached hydrogen (secondary N) is 1. The normalized spacial score (nSPS) is 20.5. The number of halogens is 2. The highest BCUT2D eigenvalue weighted by molar-refractivity contribution is 6.31. The smallest absolute Gasteiger partial charge is 0.262 e. The lowest BCUT2D eigenvalue weighted by Gasteiger charge is -2.38. The van der Waals surface area contributed by atoms with Gasteiger partial charge in [-0.15, -0.1) is 0 Å². The summed E-state index contributed by atoms with van der Waals surface area (Å²) in [4.78, 5) is 68.6. The summed E-state index contributed by atoms with van der Waals surface area (Å²) in [5.41, 5.74) is 4.99. The van der Waals surface area contributed by atoms with Crippen molar-refractivity contribution in [2.45, 2.75) is 24.9 Å². The van der Waals surface area contributed by atoms with Gasteiger partial charge in [-0.3, -0.25) is 39.1 Å². The molecule has 0 saturated carbocycles. The van der Waals surface area contributed by atoms with E-state index in [2.05, 4.69) is 10.2 Å². The molecule has 2 fully saturated rings. The van der Waals surface area contributed by atoms with Gasteiger partial charge in [0.15, 0.2) is 0 Å². The second kappa shape index (κ2) is 10.0. The summed E-state index contributed by atoms with van der Waals surface area (Å²) in [6, 6.07) is 15.2. The Labute approximate surface area is 251 Å². The van der Waals surface area contributed by atoms with Crippen molar-refractivity contribution in [2.75, 3.05) is 26.2 Å². The first kappa shape index (κ1) is 26.8. The average molecular weight is 603 g/mol. The Kier molecular flexibility index (Phi) is 6.42. The number of amides is 5. The van der Waals surface area contributed by atoms with Crippen LogP contribution in [0.2, 0.25) is 10.0 Å². The van der Waals surface area contributed by atoms with Crippen LogP contribution in [0.5, 0.6) is 0 Å². The molecule has 0 radical (unpaired) electrons. The Morgan fingerprint density at radius 3 is 1.95 bits per heavy atom. The highest BCUT2D eigenvalue weighted by Gasteiger charge is 2.45. The van der Waals surface area contributed by atoms with Gasteiger partial charge in [0.1, 0.15) is 6.04 Å². The lowest BCUT2D eigenvalue weighted by molar-refractivity contribution is -0.136. The lowest BCUT2D eigenvalue weighted by atomic mass is 10.0. The van der Waals surface area contributed by atoms with Crippen LogP contribution in [-0.4, -0.2) is 76.5 Å². The minimum atomic E-state index is -1.06. The van der Waals surface area contributed by atoms with Gasteiger partial charge in [0, 0.05) is 48.2 Å². The lowest BCUT2D eigenvalue weighted by Crippen LogP contribution is -2.54. The Morgan fingerprint density at radius 1 is 0.738 bits per heavy atom. The molecule has 212 valence electrons. The predicted molar refractivity (Wildman–Crippen MR) is 154 cm³/mol. The van der Waals surface area contributed by atoms with Crippen LogP contribution in [0.15, 0.2) is 54.6 Å². The molecule has 1 unspecified atom stereocenters. The molecule has 2 saturated heterocycles. The topological polar surface area (TPSA) is 107 Å². The number of carbonyl (C=O) groups excluding carboxylic acids is 5. The third-order valence-corrected chi connectivity index (χ3v) is 9.03. The number of piperidine rings is 1. The van der Waals surface area contributed by atoms with Crippen molar-refractivity contribution < 1.29 is 24.0 Å². The second-order valence-electron chi connectivity index (χ2n) is 10.9. The summed E-state index contributed by atoms with van der Waals surface area (Å²) in [5.74, 6) is -2.59. The van der Waals surface area contributed by atoms with E-state index in [0.717, 1.165) is 27.2 Å².